The number of rotatable bonds is 6. The Labute approximate surface area is 155 Å². The maximum atomic E-state index is 12.8. The number of hydrogen-bond donors (Lipinski definition) is 0. The van der Waals surface area contributed by atoms with E-state index in [9.17, 15) is 14.9 Å². The van der Waals surface area contributed by atoms with E-state index in [1.807, 2.05) is 47.2 Å². The lowest BCUT2D eigenvalue weighted by Crippen LogP contribution is -2.28. The molecule has 1 aromatic heterocycles. The summed E-state index contributed by atoms with van der Waals surface area (Å²) in [5.41, 5.74) is 2.46. The van der Waals surface area contributed by atoms with Crippen molar-refractivity contribution in [3.05, 3.63) is 98.7 Å². The van der Waals surface area contributed by atoms with E-state index in [4.69, 9.17) is 0 Å². The fraction of sp³-hybridized carbons (Fsp3) is 0.0500. The molecule has 0 bridgehead atoms. The number of non-ortho nitro benzene ring substituents is 1. The van der Waals surface area contributed by atoms with E-state index in [1.165, 1.54) is 18.2 Å². The first-order valence-electron chi connectivity index (χ1n) is 7.93. The average Bonchev–Trinajstić information content (AvgIpc) is 3.18. The van der Waals surface area contributed by atoms with Gasteiger partial charge in [0.1, 0.15) is 0 Å². The Hall–Kier alpha value is -3.25. The quantitative estimate of drug-likeness (QED) is 0.355. The van der Waals surface area contributed by atoms with Gasteiger partial charge in [-0.3, -0.25) is 14.9 Å². The molecule has 1 heterocycles. The van der Waals surface area contributed by atoms with Gasteiger partial charge in [-0.1, -0.05) is 30.3 Å². The predicted octanol–water partition coefficient (Wildman–Crippen LogP) is 4.90. The molecule has 130 valence electrons. The Bertz CT molecular complexity index is 921. The van der Waals surface area contributed by atoms with Crippen molar-refractivity contribution in [3.63, 3.8) is 0 Å². The summed E-state index contributed by atoms with van der Waals surface area (Å²) in [6, 6.07) is 17.6. The Morgan fingerprint density at radius 1 is 1.12 bits per heavy atom. The minimum Gasteiger partial charge on any atom is -0.304 e. The van der Waals surface area contributed by atoms with Gasteiger partial charge in [0.2, 0.25) is 0 Å². The molecule has 0 fully saturated rings. The van der Waals surface area contributed by atoms with Crippen molar-refractivity contribution in [2.45, 2.75) is 6.54 Å². The van der Waals surface area contributed by atoms with E-state index >= 15 is 0 Å². The number of nitro groups is 1. The summed E-state index contributed by atoms with van der Waals surface area (Å²) >= 11 is 1.58. The van der Waals surface area contributed by atoms with Crippen LogP contribution in [0.3, 0.4) is 0 Å². The second-order valence-electron chi connectivity index (χ2n) is 5.58. The Morgan fingerprint density at radius 2 is 1.92 bits per heavy atom. The molecule has 3 aromatic rings. The predicted molar refractivity (Wildman–Crippen MR) is 104 cm³/mol. The molecule has 0 unspecified atom stereocenters. The van der Waals surface area contributed by atoms with Gasteiger partial charge in [-0.2, -0.15) is 11.3 Å². The van der Waals surface area contributed by atoms with Crippen molar-refractivity contribution >= 4 is 34.7 Å². The van der Waals surface area contributed by atoms with Crippen LogP contribution < -0.4 is 4.90 Å². The normalized spacial score (nSPS) is 10.8. The second-order valence-corrected chi connectivity index (χ2v) is 6.36. The molecular formula is C20H16N2O3S. The van der Waals surface area contributed by atoms with Gasteiger partial charge in [-0.05, 0) is 46.2 Å². The maximum Gasteiger partial charge on any atom is 0.270 e. The average molecular weight is 364 g/mol. The number of anilines is 1. The molecule has 0 N–H and O–H groups in total. The van der Waals surface area contributed by atoms with Gasteiger partial charge < -0.3 is 4.90 Å². The van der Waals surface area contributed by atoms with E-state index in [2.05, 4.69) is 0 Å². The number of carbonyl (C=O) groups excluding carboxylic acids is 1. The topological polar surface area (TPSA) is 63.4 Å². The zero-order valence-electron chi connectivity index (χ0n) is 13.8. The van der Waals surface area contributed by atoms with E-state index in [0.717, 1.165) is 11.3 Å². The Balaban J connectivity index is 1.83. The van der Waals surface area contributed by atoms with Crippen LogP contribution in [0.25, 0.3) is 6.08 Å². The Morgan fingerprint density at radius 3 is 2.62 bits per heavy atom. The van der Waals surface area contributed by atoms with E-state index in [1.54, 1.807) is 34.4 Å². The molecule has 3 rings (SSSR count). The van der Waals surface area contributed by atoms with E-state index < -0.39 is 4.92 Å². The summed E-state index contributed by atoms with van der Waals surface area (Å²) in [5, 5.41) is 14.9. The number of para-hydroxylation sites is 1. The molecule has 5 nitrogen and oxygen atoms in total. The van der Waals surface area contributed by atoms with Crippen LogP contribution in [0, 0.1) is 10.1 Å². The highest BCUT2D eigenvalue weighted by molar-refractivity contribution is 7.07. The SMILES string of the molecule is O=C(/C=C/c1cccc([N+](=O)[O-])c1)N(Cc1ccsc1)c1ccccc1. The zero-order valence-corrected chi connectivity index (χ0v) is 14.6. The molecule has 1 amide bonds. The first-order chi connectivity index (χ1) is 12.6. The van der Waals surface area contributed by atoms with Crippen LogP contribution in [0.4, 0.5) is 11.4 Å². The Kier molecular flexibility index (Phi) is 5.56. The molecule has 0 saturated heterocycles. The van der Waals surface area contributed by atoms with Crippen molar-refractivity contribution in [2.75, 3.05) is 4.90 Å². The lowest BCUT2D eigenvalue weighted by atomic mass is 10.2. The fourth-order valence-electron chi connectivity index (χ4n) is 2.47. The van der Waals surface area contributed by atoms with Crippen molar-refractivity contribution in [3.8, 4) is 0 Å². The van der Waals surface area contributed by atoms with Gasteiger partial charge in [0, 0.05) is 23.9 Å². The smallest absolute Gasteiger partial charge is 0.270 e. The van der Waals surface area contributed by atoms with Crippen LogP contribution in [-0.4, -0.2) is 10.8 Å². The van der Waals surface area contributed by atoms with Gasteiger partial charge in [0.05, 0.1) is 11.5 Å². The van der Waals surface area contributed by atoms with Crippen LogP contribution in [0.1, 0.15) is 11.1 Å². The molecule has 0 aliphatic carbocycles. The summed E-state index contributed by atoms with van der Waals surface area (Å²) in [6.45, 7) is 0.464. The van der Waals surface area contributed by atoms with Crippen molar-refractivity contribution in [1.29, 1.82) is 0 Å². The molecule has 26 heavy (non-hydrogen) atoms. The molecule has 2 aromatic carbocycles. The minimum absolute atomic E-state index is 0.00205. The lowest BCUT2D eigenvalue weighted by Gasteiger charge is -2.21. The number of hydrogen-bond acceptors (Lipinski definition) is 4. The number of nitrogens with zero attached hydrogens (tertiary/aromatic N) is 2. The third kappa shape index (κ3) is 4.43. The second kappa shape index (κ2) is 8.22. The zero-order chi connectivity index (χ0) is 18.4. The van der Waals surface area contributed by atoms with Crippen LogP contribution in [0.15, 0.2) is 77.5 Å². The van der Waals surface area contributed by atoms with Crippen LogP contribution in [-0.2, 0) is 11.3 Å². The van der Waals surface area contributed by atoms with Gasteiger partial charge in [0.25, 0.3) is 11.6 Å². The van der Waals surface area contributed by atoms with Crippen molar-refractivity contribution < 1.29 is 9.72 Å². The highest BCUT2D eigenvalue weighted by Gasteiger charge is 2.14. The minimum atomic E-state index is -0.452. The first kappa shape index (κ1) is 17.6. The van der Waals surface area contributed by atoms with Crippen LogP contribution in [0.2, 0.25) is 0 Å². The molecule has 0 atom stereocenters. The maximum absolute atomic E-state index is 12.8. The van der Waals surface area contributed by atoms with Gasteiger partial charge in [-0.25, -0.2) is 0 Å². The molecule has 0 spiro atoms. The standard InChI is InChI=1S/C20H16N2O3S/c23-20(10-9-16-5-4-8-19(13-16)22(24)25)21(14-17-11-12-26-15-17)18-6-2-1-3-7-18/h1-13,15H,14H2/b10-9+. The number of amides is 1. The highest BCUT2D eigenvalue weighted by atomic mass is 32.1. The fourth-order valence-corrected chi connectivity index (χ4v) is 3.13. The number of nitro benzene ring substituents is 1. The van der Waals surface area contributed by atoms with Gasteiger partial charge in [0.15, 0.2) is 0 Å². The highest BCUT2D eigenvalue weighted by Crippen LogP contribution is 2.20. The van der Waals surface area contributed by atoms with Crippen molar-refractivity contribution in [2.24, 2.45) is 0 Å². The monoisotopic (exact) mass is 364 g/mol. The van der Waals surface area contributed by atoms with E-state index in [0.29, 0.717) is 12.1 Å². The van der Waals surface area contributed by atoms with E-state index in [-0.39, 0.29) is 11.6 Å². The van der Waals surface area contributed by atoms with Crippen molar-refractivity contribution in [1.82, 2.24) is 0 Å². The molecule has 0 aliphatic heterocycles. The molecule has 6 heteroatoms. The summed E-state index contributed by atoms with van der Waals surface area (Å²) in [4.78, 5) is 24.9. The molecular weight excluding hydrogens is 348 g/mol. The summed E-state index contributed by atoms with van der Waals surface area (Å²) in [5.74, 6) is -0.186. The third-order valence-electron chi connectivity index (χ3n) is 3.75. The molecule has 0 aliphatic rings. The number of benzene rings is 2. The number of thiophene rings is 1. The first-order valence-corrected chi connectivity index (χ1v) is 8.88. The lowest BCUT2D eigenvalue weighted by molar-refractivity contribution is -0.384. The summed E-state index contributed by atoms with van der Waals surface area (Å²) in [7, 11) is 0. The summed E-state index contributed by atoms with van der Waals surface area (Å²) < 4.78 is 0. The summed E-state index contributed by atoms with van der Waals surface area (Å²) in [6.07, 6.45) is 3.04. The number of carbonyl (C=O) groups is 1. The third-order valence-corrected chi connectivity index (χ3v) is 4.49. The van der Waals surface area contributed by atoms with Crippen LogP contribution >= 0.6 is 11.3 Å². The van der Waals surface area contributed by atoms with Crippen LogP contribution in [0.5, 0.6) is 0 Å². The molecule has 0 saturated carbocycles. The molecule has 0 radical (unpaired) electrons. The largest absolute Gasteiger partial charge is 0.304 e. The van der Waals surface area contributed by atoms with Gasteiger partial charge >= 0.3 is 0 Å². The van der Waals surface area contributed by atoms with Gasteiger partial charge in [-0.15, -0.1) is 0 Å².